The van der Waals surface area contributed by atoms with Crippen molar-refractivity contribution in [2.24, 2.45) is 0 Å². The fourth-order valence-electron chi connectivity index (χ4n) is 4.17. The summed E-state index contributed by atoms with van der Waals surface area (Å²) < 4.78 is 26.2. The Morgan fingerprint density at radius 1 is 1.13 bits per heavy atom. The zero-order valence-electron chi connectivity index (χ0n) is 20.8. The van der Waals surface area contributed by atoms with Gasteiger partial charge in [0.25, 0.3) is 11.5 Å². The Labute approximate surface area is 219 Å². The first kappa shape index (κ1) is 25.2. The third kappa shape index (κ3) is 5.90. The molecule has 3 aromatic carbocycles. The molecule has 0 saturated carbocycles. The molecular formula is C29H27FN4O4. The molecule has 5 rings (SSSR count). The van der Waals surface area contributed by atoms with E-state index in [1.54, 1.807) is 30.3 Å². The van der Waals surface area contributed by atoms with Crippen LogP contribution in [0.5, 0.6) is 11.5 Å². The van der Waals surface area contributed by atoms with Crippen LogP contribution in [0.2, 0.25) is 0 Å². The molecule has 1 aliphatic rings. The minimum atomic E-state index is -0.486. The molecule has 0 radical (unpaired) electrons. The summed E-state index contributed by atoms with van der Waals surface area (Å²) in [7, 11) is 0. The average molecular weight is 515 g/mol. The number of hydrogen-bond acceptors (Lipinski definition) is 6. The molecule has 9 heteroatoms. The highest BCUT2D eigenvalue weighted by Crippen LogP contribution is 2.29. The minimum Gasteiger partial charge on any atom is -0.453 e. The second-order valence-corrected chi connectivity index (χ2v) is 9.04. The van der Waals surface area contributed by atoms with Crippen LogP contribution in [0.25, 0.3) is 5.69 Å². The predicted octanol–water partition coefficient (Wildman–Crippen LogP) is 5.12. The number of carbonyl (C=O) groups is 1. The second-order valence-electron chi connectivity index (χ2n) is 9.04. The number of aryl methyl sites for hydroxylation is 1. The number of nitrogens with one attached hydrogen (secondary N) is 2. The third-order valence-electron chi connectivity index (χ3n) is 6.16. The van der Waals surface area contributed by atoms with Crippen LogP contribution in [0.3, 0.4) is 0 Å². The van der Waals surface area contributed by atoms with Gasteiger partial charge in [-0.2, -0.15) is 9.78 Å². The zero-order chi connectivity index (χ0) is 26.5. The first-order valence-corrected chi connectivity index (χ1v) is 12.4. The minimum absolute atomic E-state index is 0.0571. The Bertz CT molecular complexity index is 1480. The van der Waals surface area contributed by atoms with Gasteiger partial charge in [0.2, 0.25) is 0 Å². The van der Waals surface area contributed by atoms with Crippen molar-refractivity contribution >= 4 is 17.3 Å². The lowest BCUT2D eigenvalue weighted by Gasteiger charge is -2.15. The van der Waals surface area contributed by atoms with Crippen LogP contribution in [0, 0.1) is 12.7 Å². The molecule has 0 aliphatic carbocycles. The van der Waals surface area contributed by atoms with Gasteiger partial charge in [0.1, 0.15) is 11.6 Å². The van der Waals surface area contributed by atoms with Crippen LogP contribution < -0.4 is 20.9 Å². The second kappa shape index (κ2) is 11.3. The number of rotatable bonds is 8. The highest BCUT2D eigenvalue weighted by molar-refractivity contribution is 5.94. The number of halogens is 1. The SMILES string of the molecule is Cc1cccc(Oc2cnn(-c3ccc(F)cc3)c(=O)c2Nc2ccc(C(=O)NC[C@H]3CCCO3)cc2)c1. The maximum absolute atomic E-state index is 13.5. The summed E-state index contributed by atoms with van der Waals surface area (Å²) >= 11 is 0. The first-order valence-electron chi connectivity index (χ1n) is 12.4. The van der Waals surface area contributed by atoms with E-state index in [9.17, 15) is 14.0 Å². The van der Waals surface area contributed by atoms with E-state index < -0.39 is 11.4 Å². The summed E-state index contributed by atoms with van der Waals surface area (Å²) in [5.74, 6) is 0.155. The Hall–Kier alpha value is -4.50. The number of carbonyl (C=O) groups excluding carboxylic acids is 1. The zero-order valence-corrected chi connectivity index (χ0v) is 20.8. The molecule has 0 spiro atoms. The van der Waals surface area contributed by atoms with Crippen molar-refractivity contribution in [2.45, 2.75) is 25.9 Å². The van der Waals surface area contributed by atoms with Crippen LogP contribution in [-0.2, 0) is 4.74 Å². The fourth-order valence-corrected chi connectivity index (χ4v) is 4.17. The summed E-state index contributed by atoms with van der Waals surface area (Å²) in [4.78, 5) is 26.1. The highest BCUT2D eigenvalue weighted by Gasteiger charge is 2.18. The Kier molecular flexibility index (Phi) is 7.46. The van der Waals surface area contributed by atoms with Gasteiger partial charge in [-0.15, -0.1) is 0 Å². The first-order chi connectivity index (χ1) is 18.5. The molecule has 1 amide bonds. The molecular weight excluding hydrogens is 487 g/mol. The topological polar surface area (TPSA) is 94.5 Å². The van der Waals surface area contributed by atoms with Crippen molar-refractivity contribution < 1.29 is 18.7 Å². The average Bonchev–Trinajstić information content (AvgIpc) is 3.44. The number of anilines is 2. The molecule has 8 nitrogen and oxygen atoms in total. The van der Waals surface area contributed by atoms with E-state index in [-0.39, 0.29) is 23.4 Å². The van der Waals surface area contributed by atoms with E-state index in [0.29, 0.717) is 29.2 Å². The van der Waals surface area contributed by atoms with E-state index in [4.69, 9.17) is 9.47 Å². The fraction of sp³-hybridized carbons (Fsp3) is 0.207. The Morgan fingerprint density at radius 3 is 2.63 bits per heavy atom. The predicted molar refractivity (Wildman–Crippen MR) is 142 cm³/mol. The molecule has 1 atom stereocenters. The van der Waals surface area contributed by atoms with Crippen molar-refractivity contribution in [1.82, 2.24) is 15.1 Å². The van der Waals surface area contributed by atoms with Crippen LogP contribution in [0.15, 0.2) is 83.8 Å². The van der Waals surface area contributed by atoms with Gasteiger partial charge in [0.05, 0.1) is 18.0 Å². The van der Waals surface area contributed by atoms with Crippen molar-refractivity contribution in [1.29, 1.82) is 0 Å². The summed E-state index contributed by atoms with van der Waals surface area (Å²) in [6.45, 7) is 3.14. The normalized spacial score (nSPS) is 14.7. The Morgan fingerprint density at radius 2 is 1.92 bits per heavy atom. The summed E-state index contributed by atoms with van der Waals surface area (Å²) in [6, 6.07) is 19.7. The van der Waals surface area contributed by atoms with E-state index in [1.807, 2.05) is 25.1 Å². The van der Waals surface area contributed by atoms with Crippen LogP contribution in [-0.4, -0.2) is 34.9 Å². The van der Waals surface area contributed by atoms with Gasteiger partial charge in [0.15, 0.2) is 11.4 Å². The van der Waals surface area contributed by atoms with Crippen LogP contribution >= 0.6 is 0 Å². The van der Waals surface area contributed by atoms with Gasteiger partial charge in [-0.05, 0) is 86.0 Å². The number of nitrogens with zero attached hydrogens (tertiary/aromatic N) is 2. The van der Waals surface area contributed by atoms with Crippen LogP contribution in [0.1, 0.15) is 28.8 Å². The molecule has 38 heavy (non-hydrogen) atoms. The van der Waals surface area contributed by atoms with Gasteiger partial charge >= 0.3 is 0 Å². The third-order valence-corrected chi connectivity index (χ3v) is 6.16. The molecule has 1 saturated heterocycles. The molecule has 1 aliphatic heterocycles. The molecule has 4 aromatic rings. The molecule has 1 aromatic heterocycles. The standard InChI is InChI=1S/C29H27FN4O4/c1-19-4-2-5-24(16-19)38-26-18-32-34(23-13-9-21(30)10-14-23)29(36)27(26)33-22-11-7-20(8-12-22)28(35)31-17-25-6-3-15-37-25/h2,4-5,7-14,16,18,25,33H,3,6,15,17H2,1H3,(H,31,35)/t25-/m1/s1. The van der Waals surface area contributed by atoms with Crippen molar-refractivity contribution in [3.63, 3.8) is 0 Å². The number of hydrogen-bond donors (Lipinski definition) is 2. The molecule has 0 unspecified atom stereocenters. The van der Waals surface area contributed by atoms with Crippen LogP contribution in [0.4, 0.5) is 15.8 Å². The smallest absolute Gasteiger partial charge is 0.299 e. The molecule has 2 heterocycles. The molecule has 1 fully saturated rings. The lowest BCUT2D eigenvalue weighted by atomic mass is 10.1. The van der Waals surface area contributed by atoms with E-state index in [2.05, 4.69) is 15.7 Å². The van der Waals surface area contributed by atoms with Gasteiger partial charge < -0.3 is 20.1 Å². The van der Waals surface area contributed by atoms with Gasteiger partial charge in [0, 0.05) is 24.4 Å². The van der Waals surface area contributed by atoms with E-state index in [0.717, 1.165) is 29.7 Å². The summed E-state index contributed by atoms with van der Waals surface area (Å²) in [6.07, 6.45) is 3.44. The maximum atomic E-state index is 13.5. The molecule has 194 valence electrons. The number of ether oxygens (including phenoxy) is 2. The van der Waals surface area contributed by atoms with Crippen molar-refractivity contribution in [2.75, 3.05) is 18.5 Å². The largest absolute Gasteiger partial charge is 0.453 e. The summed E-state index contributed by atoms with van der Waals surface area (Å²) in [5.41, 5.74) is 2.12. The Balaban J connectivity index is 1.41. The number of amides is 1. The van der Waals surface area contributed by atoms with Crippen molar-refractivity contribution in [3.8, 4) is 17.2 Å². The lowest BCUT2D eigenvalue weighted by Crippen LogP contribution is -2.31. The highest BCUT2D eigenvalue weighted by atomic mass is 19.1. The van der Waals surface area contributed by atoms with E-state index in [1.165, 1.54) is 30.5 Å². The molecule has 0 bridgehead atoms. The van der Waals surface area contributed by atoms with Crippen molar-refractivity contribution in [3.05, 3.63) is 106 Å². The van der Waals surface area contributed by atoms with Gasteiger partial charge in [-0.25, -0.2) is 4.39 Å². The van der Waals surface area contributed by atoms with E-state index >= 15 is 0 Å². The maximum Gasteiger partial charge on any atom is 0.299 e. The number of benzene rings is 3. The van der Waals surface area contributed by atoms with Gasteiger partial charge in [-0.1, -0.05) is 12.1 Å². The quantitative estimate of drug-likeness (QED) is 0.339. The summed E-state index contributed by atoms with van der Waals surface area (Å²) in [5, 5.41) is 10.3. The van der Waals surface area contributed by atoms with Gasteiger partial charge in [-0.3, -0.25) is 9.59 Å². The monoisotopic (exact) mass is 514 g/mol. The molecule has 2 N–H and O–H groups in total. The lowest BCUT2D eigenvalue weighted by molar-refractivity contribution is 0.0858. The number of aromatic nitrogens is 2.